The highest BCUT2D eigenvalue weighted by molar-refractivity contribution is 6.05. The molecule has 0 unspecified atom stereocenters. The Bertz CT molecular complexity index is 2550. The van der Waals surface area contributed by atoms with Crippen molar-refractivity contribution in [2.75, 3.05) is 0 Å². The van der Waals surface area contributed by atoms with Crippen LogP contribution in [0.15, 0.2) is 169 Å². The molecule has 1 aliphatic rings. The molecule has 0 atom stereocenters. The summed E-state index contributed by atoms with van der Waals surface area (Å²) < 4.78 is 2.26. The van der Waals surface area contributed by atoms with Crippen molar-refractivity contribution in [3.63, 3.8) is 0 Å². The van der Waals surface area contributed by atoms with Crippen LogP contribution in [0.25, 0.3) is 77.5 Å². The average molecular weight is 615 g/mol. The normalized spacial score (nSPS) is 13.2. The first-order valence-corrected chi connectivity index (χ1v) is 16.8. The predicted octanol–water partition coefficient (Wildman–Crippen LogP) is 12.5. The topological polar surface area (TPSA) is 17.8 Å². The van der Waals surface area contributed by atoms with Crippen LogP contribution in [0.1, 0.15) is 25.3 Å². The number of aromatic nitrogens is 2. The zero-order chi connectivity index (χ0) is 32.0. The molecule has 0 N–H and O–H groups in total. The molecule has 0 fully saturated rings. The summed E-state index contributed by atoms with van der Waals surface area (Å²) in [6.45, 7) is 2.24. The SMILES string of the molecule is CC1=CCCC=C1c1ccc(-c2ccc3cc(-c4ccc(-n5c(-c6ccccc6)nc6ccccc65)cc4)ccc3c2)c2ccccc12. The molecule has 2 heteroatoms. The monoisotopic (exact) mass is 614 g/mol. The second-order valence-electron chi connectivity index (χ2n) is 12.7. The van der Waals surface area contributed by atoms with E-state index < -0.39 is 0 Å². The molecule has 0 aliphatic heterocycles. The highest BCUT2D eigenvalue weighted by atomic mass is 15.1. The number of para-hydroxylation sites is 2. The summed E-state index contributed by atoms with van der Waals surface area (Å²) in [6.07, 6.45) is 7.01. The Kier molecular flexibility index (Phi) is 6.87. The summed E-state index contributed by atoms with van der Waals surface area (Å²) in [5, 5.41) is 5.09. The lowest BCUT2D eigenvalue weighted by Crippen LogP contribution is -1.97. The van der Waals surface area contributed by atoms with Crippen LogP contribution >= 0.6 is 0 Å². The number of hydrogen-bond donors (Lipinski definition) is 0. The van der Waals surface area contributed by atoms with Crippen LogP contribution in [0.4, 0.5) is 0 Å². The highest BCUT2D eigenvalue weighted by Crippen LogP contribution is 2.38. The summed E-state index contributed by atoms with van der Waals surface area (Å²) in [6, 6.07) is 54.8. The number of allylic oxidation sites excluding steroid dienone is 4. The van der Waals surface area contributed by atoms with Crippen LogP contribution in [0.2, 0.25) is 0 Å². The molecule has 0 saturated heterocycles. The van der Waals surface area contributed by atoms with Gasteiger partial charge in [-0.05, 0) is 117 Å². The van der Waals surface area contributed by atoms with Crippen molar-refractivity contribution in [2.24, 2.45) is 0 Å². The highest BCUT2D eigenvalue weighted by Gasteiger charge is 2.16. The van der Waals surface area contributed by atoms with Crippen molar-refractivity contribution < 1.29 is 0 Å². The third kappa shape index (κ3) is 4.85. The Morgan fingerprint density at radius 1 is 0.500 bits per heavy atom. The first-order chi connectivity index (χ1) is 23.7. The third-order valence-electron chi connectivity index (χ3n) is 9.81. The average Bonchev–Trinajstić information content (AvgIpc) is 3.54. The second kappa shape index (κ2) is 11.7. The standard InChI is InChI=1S/C46H34N2/c1-31-11-5-6-14-39(31)43-28-27-40(41-15-7-8-16-42(41)43)37-22-21-35-29-34(19-20-36(35)30-37)32-23-25-38(26-24-32)48-45-18-10-9-17-44(45)47-46(48)33-12-3-2-4-13-33/h2-4,7-30H,5-6H2,1H3. The Balaban J connectivity index is 1.06. The van der Waals surface area contributed by atoms with E-state index in [1.807, 2.05) is 12.1 Å². The first-order valence-electron chi connectivity index (χ1n) is 16.8. The van der Waals surface area contributed by atoms with E-state index in [1.54, 1.807) is 0 Å². The maximum atomic E-state index is 5.01. The van der Waals surface area contributed by atoms with Crippen LogP contribution in [0.5, 0.6) is 0 Å². The van der Waals surface area contributed by atoms with Gasteiger partial charge in [0, 0.05) is 11.3 Å². The molecule has 2 nitrogen and oxygen atoms in total. The van der Waals surface area contributed by atoms with Gasteiger partial charge in [-0.2, -0.15) is 0 Å². The molecule has 0 bridgehead atoms. The van der Waals surface area contributed by atoms with Crippen LogP contribution < -0.4 is 0 Å². The van der Waals surface area contributed by atoms with Gasteiger partial charge >= 0.3 is 0 Å². The van der Waals surface area contributed by atoms with Gasteiger partial charge in [-0.25, -0.2) is 4.98 Å². The largest absolute Gasteiger partial charge is 0.292 e. The van der Waals surface area contributed by atoms with Crippen LogP contribution in [-0.2, 0) is 0 Å². The lowest BCUT2D eigenvalue weighted by molar-refractivity contribution is 1.02. The third-order valence-corrected chi connectivity index (χ3v) is 9.81. The van der Waals surface area contributed by atoms with E-state index in [0.717, 1.165) is 41.0 Å². The van der Waals surface area contributed by atoms with E-state index in [2.05, 4.69) is 163 Å². The molecule has 8 aromatic rings. The molecule has 1 aromatic heterocycles. The molecule has 48 heavy (non-hydrogen) atoms. The molecule has 0 spiro atoms. The van der Waals surface area contributed by atoms with Crippen molar-refractivity contribution in [1.29, 1.82) is 0 Å². The molecule has 0 saturated carbocycles. The smallest absolute Gasteiger partial charge is 0.145 e. The van der Waals surface area contributed by atoms with Crippen molar-refractivity contribution in [1.82, 2.24) is 9.55 Å². The number of benzene rings is 7. The van der Waals surface area contributed by atoms with Crippen molar-refractivity contribution in [3.8, 4) is 39.3 Å². The van der Waals surface area contributed by atoms with Gasteiger partial charge < -0.3 is 0 Å². The van der Waals surface area contributed by atoms with Gasteiger partial charge in [-0.3, -0.25) is 4.57 Å². The Hall–Kier alpha value is -5.99. The molecule has 1 aliphatic carbocycles. The predicted molar refractivity (Wildman–Crippen MR) is 203 cm³/mol. The fourth-order valence-electron chi connectivity index (χ4n) is 7.37. The summed E-state index contributed by atoms with van der Waals surface area (Å²) in [5.41, 5.74) is 13.3. The van der Waals surface area contributed by atoms with Gasteiger partial charge in [0.15, 0.2) is 0 Å². The van der Waals surface area contributed by atoms with Crippen molar-refractivity contribution in [3.05, 3.63) is 175 Å². The summed E-state index contributed by atoms with van der Waals surface area (Å²) in [5.74, 6) is 0.950. The Morgan fingerprint density at radius 2 is 1.12 bits per heavy atom. The van der Waals surface area contributed by atoms with Gasteiger partial charge in [-0.15, -0.1) is 0 Å². The van der Waals surface area contributed by atoms with Gasteiger partial charge in [-0.1, -0.05) is 127 Å². The minimum atomic E-state index is 0.950. The van der Waals surface area contributed by atoms with E-state index in [4.69, 9.17) is 4.98 Å². The van der Waals surface area contributed by atoms with Crippen LogP contribution in [0, 0.1) is 0 Å². The zero-order valence-electron chi connectivity index (χ0n) is 26.9. The Morgan fingerprint density at radius 3 is 1.92 bits per heavy atom. The molecule has 228 valence electrons. The molecular weight excluding hydrogens is 581 g/mol. The van der Waals surface area contributed by atoms with Gasteiger partial charge in [0.05, 0.1) is 11.0 Å². The zero-order valence-corrected chi connectivity index (χ0v) is 26.9. The van der Waals surface area contributed by atoms with Gasteiger partial charge in [0.2, 0.25) is 0 Å². The van der Waals surface area contributed by atoms with E-state index in [9.17, 15) is 0 Å². The van der Waals surface area contributed by atoms with Crippen LogP contribution in [-0.4, -0.2) is 9.55 Å². The Labute approximate surface area is 281 Å². The molecule has 0 amide bonds. The first kappa shape index (κ1) is 28.3. The summed E-state index contributed by atoms with van der Waals surface area (Å²) in [7, 11) is 0. The van der Waals surface area contributed by atoms with Crippen LogP contribution in [0.3, 0.4) is 0 Å². The fourth-order valence-corrected chi connectivity index (χ4v) is 7.37. The summed E-state index contributed by atoms with van der Waals surface area (Å²) >= 11 is 0. The van der Waals surface area contributed by atoms with E-state index in [-0.39, 0.29) is 0 Å². The second-order valence-corrected chi connectivity index (χ2v) is 12.7. The molecule has 7 aromatic carbocycles. The van der Waals surface area contributed by atoms with E-state index in [1.165, 1.54) is 60.5 Å². The minimum Gasteiger partial charge on any atom is -0.292 e. The number of nitrogens with zero attached hydrogens (tertiary/aromatic N) is 2. The quantitative estimate of drug-likeness (QED) is 0.189. The molecule has 0 radical (unpaired) electrons. The van der Waals surface area contributed by atoms with Crippen molar-refractivity contribution in [2.45, 2.75) is 19.8 Å². The van der Waals surface area contributed by atoms with Crippen molar-refractivity contribution >= 4 is 38.2 Å². The van der Waals surface area contributed by atoms with Gasteiger partial charge in [0.1, 0.15) is 5.82 Å². The maximum Gasteiger partial charge on any atom is 0.145 e. The molecular formula is C46H34N2. The minimum absolute atomic E-state index is 0.950. The number of hydrogen-bond acceptors (Lipinski definition) is 1. The molecule has 9 rings (SSSR count). The lowest BCUT2D eigenvalue weighted by atomic mass is 9.87. The fraction of sp³-hybridized carbons (Fsp3) is 0.0652. The molecule has 1 heterocycles. The number of imidazole rings is 1. The van der Waals surface area contributed by atoms with E-state index >= 15 is 0 Å². The number of rotatable bonds is 5. The lowest BCUT2D eigenvalue weighted by Gasteiger charge is -2.17. The van der Waals surface area contributed by atoms with E-state index in [0.29, 0.717) is 0 Å². The summed E-state index contributed by atoms with van der Waals surface area (Å²) in [4.78, 5) is 5.01. The van der Waals surface area contributed by atoms with Gasteiger partial charge in [0.25, 0.3) is 0 Å². The number of fused-ring (bicyclic) bond motifs is 3. The maximum absolute atomic E-state index is 5.01.